The molecule has 0 amide bonds. The molecule has 2 fully saturated rings. The molecule has 3 heteroatoms. The molecular weight excluding hydrogens is 238 g/mol. The third-order valence-electron chi connectivity index (χ3n) is 4.95. The van der Waals surface area contributed by atoms with Gasteiger partial charge in [-0.3, -0.25) is 4.90 Å². The molecule has 1 saturated heterocycles. The quantitative estimate of drug-likeness (QED) is 0.734. The predicted molar refractivity (Wildman–Crippen MR) is 77.2 cm³/mol. The molecule has 1 aliphatic heterocycles. The average molecular weight is 267 g/mol. The van der Waals surface area contributed by atoms with Gasteiger partial charge in [-0.2, -0.15) is 0 Å². The second-order valence-electron chi connectivity index (χ2n) is 6.65. The normalized spacial score (nSPS) is 37.8. The van der Waals surface area contributed by atoms with E-state index in [4.69, 9.17) is 4.74 Å². The van der Waals surface area contributed by atoms with Gasteiger partial charge in [-0.05, 0) is 44.4 Å². The number of ether oxygens (including phenoxy) is 1. The van der Waals surface area contributed by atoms with Crippen molar-refractivity contribution < 1.29 is 9.53 Å². The smallest absolute Gasteiger partial charge is 0.127 e. The summed E-state index contributed by atoms with van der Waals surface area (Å²) in [5.41, 5.74) is -0.0743. The zero-order chi connectivity index (χ0) is 13.7. The maximum Gasteiger partial charge on any atom is 0.127 e. The molecule has 0 spiro atoms. The molecule has 0 aromatic heterocycles. The standard InChI is InChI=1S/C16H29NO2/c1-3-15-11-17(9-4-10-19-15)12-16(13-18)7-5-14(2)6-8-16/h13-15H,3-12H2,1-2H3. The lowest BCUT2D eigenvalue weighted by Crippen LogP contribution is -2.43. The summed E-state index contributed by atoms with van der Waals surface area (Å²) in [6.07, 6.45) is 8.35. The van der Waals surface area contributed by atoms with Crippen LogP contribution < -0.4 is 0 Å². The topological polar surface area (TPSA) is 29.5 Å². The van der Waals surface area contributed by atoms with E-state index in [2.05, 4.69) is 18.7 Å². The Hall–Kier alpha value is -0.410. The Morgan fingerprint density at radius 2 is 2.11 bits per heavy atom. The minimum absolute atomic E-state index is 0.0743. The Bertz CT molecular complexity index is 284. The highest BCUT2D eigenvalue weighted by atomic mass is 16.5. The van der Waals surface area contributed by atoms with Crippen molar-refractivity contribution in [2.24, 2.45) is 11.3 Å². The van der Waals surface area contributed by atoms with E-state index >= 15 is 0 Å². The number of rotatable bonds is 4. The zero-order valence-electron chi connectivity index (χ0n) is 12.6. The Kier molecular flexibility index (Phi) is 5.40. The summed E-state index contributed by atoms with van der Waals surface area (Å²) in [4.78, 5) is 14.1. The van der Waals surface area contributed by atoms with Crippen LogP contribution in [0, 0.1) is 11.3 Å². The summed E-state index contributed by atoms with van der Waals surface area (Å²) in [7, 11) is 0. The predicted octanol–water partition coefficient (Wildman–Crippen LogP) is 2.88. The first kappa shape index (κ1) is 15.0. The molecule has 1 unspecified atom stereocenters. The molecule has 1 aliphatic carbocycles. The SMILES string of the molecule is CCC1CN(CC2(C=O)CCC(C)CC2)CCCO1. The number of carbonyl (C=O) groups excluding carboxylic acids is 1. The molecule has 3 nitrogen and oxygen atoms in total. The molecule has 0 radical (unpaired) electrons. The maximum absolute atomic E-state index is 11.6. The van der Waals surface area contributed by atoms with Crippen molar-refractivity contribution in [1.29, 1.82) is 0 Å². The lowest BCUT2D eigenvalue weighted by molar-refractivity contribution is -0.119. The molecule has 1 saturated carbocycles. The minimum Gasteiger partial charge on any atom is -0.377 e. The molecule has 19 heavy (non-hydrogen) atoms. The first-order valence-corrected chi connectivity index (χ1v) is 7.98. The van der Waals surface area contributed by atoms with E-state index in [1.807, 2.05) is 0 Å². The highest BCUT2D eigenvalue weighted by molar-refractivity contribution is 5.60. The monoisotopic (exact) mass is 267 g/mol. The van der Waals surface area contributed by atoms with Gasteiger partial charge in [0.25, 0.3) is 0 Å². The summed E-state index contributed by atoms with van der Waals surface area (Å²) >= 11 is 0. The summed E-state index contributed by atoms with van der Waals surface area (Å²) in [5, 5.41) is 0. The summed E-state index contributed by atoms with van der Waals surface area (Å²) in [5.74, 6) is 0.795. The molecule has 0 bridgehead atoms. The fraction of sp³-hybridized carbons (Fsp3) is 0.938. The maximum atomic E-state index is 11.6. The van der Waals surface area contributed by atoms with Crippen molar-refractivity contribution >= 4 is 6.29 Å². The lowest BCUT2D eigenvalue weighted by atomic mass is 9.71. The van der Waals surface area contributed by atoms with Crippen LogP contribution >= 0.6 is 0 Å². The van der Waals surface area contributed by atoms with Gasteiger partial charge in [0.15, 0.2) is 0 Å². The molecule has 2 rings (SSSR count). The number of nitrogens with zero attached hydrogens (tertiary/aromatic N) is 1. The molecule has 1 heterocycles. The van der Waals surface area contributed by atoms with Crippen LogP contribution in [0.4, 0.5) is 0 Å². The molecule has 0 N–H and O–H groups in total. The van der Waals surface area contributed by atoms with Gasteiger partial charge >= 0.3 is 0 Å². The molecular formula is C16H29NO2. The highest BCUT2D eigenvalue weighted by Gasteiger charge is 2.36. The third-order valence-corrected chi connectivity index (χ3v) is 4.95. The fourth-order valence-corrected chi connectivity index (χ4v) is 3.46. The van der Waals surface area contributed by atoms with Crippen LogP contribution in [0.5, 0.6) is 0 Å². The Morgan fingerprint density at radius 3 is 2.74 bits per heavy atom. The number of hydrogen-bond acceptors (Lipinski definition) is 3. The van der Waals surface area contributed by atoms with Crippen LogP contribution in [0.3, 0.4) is 0 Å². The highest BCUT2D eigenvalue weighted by Crippen LogP contribution is 2.38. The van der Waals surface area contributed by atoms with Gasteiger partial charge in [0, 0.05) is 31.7 Å². The van der Waals surface area contributed by atoms with Gasteiger partial charge < -0.3 is 9.53 Å². The van der Waals surface area contributed by atoms with Gasteiger partial charge in [-0.15, -0.1) is 0 Å². The largest absolute Gasteiger partial charge is 0.377 e. The average Bonchev–Trinajstić information content (AvgIpc) is 2.67. The van der Waals surface area contributed by atoms with Gasteiger partial charge in [0.2, 0.25) is 0 Å². The van der Waals surface area contributed by atoms with Crippen molar-refractivity contribution in [1.82, 2.24) is 4.90 Å². The van der Waals surface area contributed by atoms with E-state index < -0.39 is 0 Å². The lowest BCUT2D eigenvalue weighted by Gasteiger charge is -2.39. The Labute approximate surface area is 117 Å². The Balaban J connectivity index is 1.94. The fourth-order valence-electron chi connectivity index (χ4n) is 3.46. The summed E-state index contributed by atoms with van der Waals surface area (Å²) < 4.78 is 5.83. The second kappa shape index (κ2) is 6.85. The third kappa shape index (κ3) is 4.03. The second-order valence-corrected chi connectivity index (χ2v) is 6.65. The molecule has 2 aliphatic rings. The van der Waals surface area contributed by atoms with Gasteiger partial charge in [-0.1, -0.05) is 13.8 Å². The van der Waals surface area contributed by atoms with Crippen LogP contribution in [0.1, 0.15) is 52.4 Å². The zero-order valence-corrected chi connectivity index (χ0v) is 12.6. The van der Waals surface area contributed by atoms with Crippen LogP contribution in [0.25, 0.3) is 0 Å². The van der Waals surface area contributed by atoms with Crippen LogP contribution in [0.2, 0.25) is 0 Å². The number of carbonyl (C=O) groups is 1. The van der Waals surface area contributed by atoms with Gasteiger partial charge in [-0.25, -0.2) is 0 Å². The first-order valence-electron chi connectivity index (χ1n) is 7.98. The van der Waals surface area contributed by atoms with E-state index in [0.717, 1.165) is 57.8 Å². The van der Waals surface area contributed by atoms with Crippen LogP contribution in [-0.4, -0.2) is 43.5 Å². The van der Waals surface area contributed by atoms with Crippen molar-refractivity contribution in [3.63, 3.8) is 0 Å². The molecule has 0 aromatic carbocycles. The first-order chi connectivity index (χ1) is 9.17. The van der Waals surface area contributed by atoms with E-state index in [1.54, 1.807) is 0 Å². The van der Waals surface area contributed by atoms with Crippen molar-refractivity contribution in [3.8, 4) is 0 Å². The summed E-state index contributed by atoms with van der Waals surface area (Å²) in [6, 6.07) is 0. The van der Waals surface area contributed by atoms with Crippen LogP contribution in [0.15, 0.2) is 0 Å². The summed E-state index contributed by atoms with van der Waals surface area (Å²) in [6.45, 7) is 8.40. The number of aldehydes is 1. The van der Waals surface area contributed by atoms with Gasteiger partial charge in [0.05, 0.1) is 6.10 Å². The van der Waals surface area contributed by atoms with E-state index in [0.29, 0.717) is 6.10 Å². The van der Waals surface area contributed by atoms with E-state index in [9.17, 15) is 4.79 Å². The van der Waals surface area contributed by atoms with E-state index in [-0.39, 0.29) is 5.41 Å². The van der Waals surface area contributed by atoms with Gasteiger partial charge in [0.1, 0.15) is 6.29 Å². The van der Waals surface area contributed by atoms with E-state index in [1.165, 1.54) is 19.1 Å². The van der Waals surface area contributed by atoms with Crippen molar-refractivity contribution in [2.45, 2.75) is 58.5 Å². The van der Waals surface area contributed by atoms with Crippen molar-refractivity contribution in [3.05, 3.63) is 0 Å². The van der Waals surface area contributed by atoms with Crippen molar-refractivity contribution in [2.75, 3.05) is 26.2 Å². The number of hydrogen-bond donors (Lipinski definition) is 0. The molecule has 0 aromatic rings. The minimum atomic E-state index is -0.0743. The molecule has 1 atom stereocenters. The molecule has 110 valence electrons. The Morgan fingerprint density at radius 1 is 1.37 bits per heavy atom. The van der Waals surface area contributed by atoms with Crippen LogP contribution in [-0.2, 0) is 9.53 Å².